The molecule has 1 aliphatic rings. The van der Waals surface area contributed by atoms with Crippen LogP contribution in [0.5, 0.6) is 0 Å². The number of halogens is 1. The molecule has 152 valence electrons. The minimum absolute atomic E-state index is 0.151. The third-order valence-electron chi connectivity index (χ3n) is 4.79. The van der Waals surface area contributed by atoms with Crippen molar-refractivity contribution in [2.75, 3.05) is 22.1 Å². The molecule has 1 fully saturated rings. The van der Waals surface area contributed by atoms with Gasteiger partial charge in [0, 0.05) is 35.7 Å². The fourth-order valence-electron chi connectivity index (χ4n) is 3.38. The van der Waals surface area contributed by atoms with Crippen molar-refractivity contribution < 1.29 is 14.0 Å². The summed E-state index contributed by atoms with van der Waals surface area (Å²) >= 11 is 0. The fraction of sp³-hybridized carbons (Fsp3) is 0.130. The van der Waals surface area contributed by atoms with Gasteiger partial charge < -0.3 is 20.9 Å². The highest BCUT2D eigenvalue weighted by Gasteiger charge is 2.31. The van der Waals surface area contributed by atoms with Gasteiger partial charge in [-0.05, 0) is 54.6 Å². The van der Waals surface area contributed by atoms with Crippen LogP contribution in [0, 0.1) is 5.82 Å². The molecule has 1 atom stereocenters. The molecule has 6 nitrogen and oxygen atoms in total. The molecule has 30 heavy (non-hydrogen) atoms. The molecule has 1 unspecified atom stereocenters. The van der Waals surface area contributed by atoms with Gasteiger partial charge in [0.1, 0.15) is 5.82 Å². The number of nitrogens with one attached hydrogen (secondary N) is 3. The van der Waals surface area contributed by atoms with Gasteiger partial charge in [-0.15, -0.1) is 0 Å². The number of hydrogen-bond acceptors (Lipinski definition) is 3. The molecule has 0 aromatic heterocycles. The van der Waals surface area contributed by atoms with Crippen LogP contribution in [-0.4, -0.2) is 24.5 Å². The molecular formula is C23H21FN4O2. The Bertz CT molecular complexity index is 1040. The largest absolute Gasteiger partial charge is 0.356 e. The first-order valence-electron chi connectivity index (χ1n) is 9.62. The number of benzene rings is 3. The van der Waals surface area contributed by atoms with Crippen LogP contribution in [0.4, 0.5) is 31.9 Å². The Morgan fingerprint density at radius 2 is 1.60 bits per heavy atom. The van der Waals surface area contributed by atoms with Crippen molar-refractivity contribution in [2.45, 2.75) is 12.5 Å². The molecule has 0 saturated carbocycles. The number of urea groups is 1. The predicted octanol–water partition coefficient (Wildman–Crippen LogP) is 4.50. The van der Waals surface area contributed by atoms with Crippen LogP contribution in [0.2, 0.25) is 0 Å². The number of hydrogen-bond donors (Lipinski definition) is 3. The Labute approximate surface area is 173 Å². The standard InChI is InChI=1S/C23H21FN4O2/c24-16-5-4-8-21(13-16)28-15-20(14-22(28)29)27-23(30)26-19-11-9-18(10-12-19)25-17-6-2-1-3-7-17/h1-13,20,25H,14-15H2,(H2,26,27,30). The molecule has 3 amide bonds. The van der Waals surface area contributed by atoms with Gasteiger partial charge in [-0.3, -0.25) is 4.79 Å². The topological polar surface area (TPSA) is 73.5 Å². The molecule has 3 N–H and O–H groups in total. The van der Waals surface area contributed by atoms with Crippen molar-refractivity contribution >= 4 is 34.7 Å². The van der Waals surface area contributed by atoms with Crippen LogP contribution >= 0.6 is 0 Å². The Kier molecular flexibility index (Phi) is 5.61. The van der Waals surface area contributed by atoms with E-state index in [1.54, 1.807) is 24.3 Å². The molecule has 3 aromatic carbocycles. The first-order valence-corrected chi connectivity index (χ1v) is 9.62. The van der Waals surface area contributed by atoms with E-state index in [1.807, 2.05) is 42.5 Å². The summed E-state index contributed by atoms with van der Waals surface area (Å²) in [5, 5.41) is 8.85. The lowest BCUT2D eigenvalue weighted by molar-refractivity contribution is -0.117. The Morgan fingerprint density at radius 1 is 0.900 bits per heavy atom. The van der Waals surface area contributed by atoms with Crippen molar-refractivity contribution in [3.8, 4) is 0 Å². The van der Waals surface area contributed by atoms with Gasteiger partial charge in [-0.1, -0.05) is 24.3 Å². The van der Waals surface area contributed by atoms with Gasteiger partial charge in [0.25, 0.3) is 0 Å². The van der Waals surface area contributed by atoms with Crippen LogP contribution in [0.25, 0.3) is 0 Å². The maximum absolute atomic E-state index is 13.4. The first-order chi connectivity index (χ1) is 14.6. The van der Waals surface area contributed by atoms with Gasteiger partial charge >= 0.3 is 6.03 Å². The molecule has 3 aromatic rings. The second-order valence-corrected chi connectivity index (χ2v) is 7.05. The average molecular weight is 404 g/mol. The SMILES string of the molecule is O=C(Nc1ccc(Nc2ccccc2)cc1)NC1CC(=O)N(c2cccc(F)c2)C1. The summed E-state index contributed by atoms with van der Waals surface area (Å²) in [4.78, 5) is 26.1. The molecule has 0 radical (unpaired) electrons. The van der Waals surface area contributed by atoms with E-state index >= 15 is 0 Å². The van der Waals surface area contributed by atoms with Gasteiger partial charge in [0.15, 0.2) is 0 Å². The van der Waals surface area contributed by atoms with Crippen LogP contribution < -0.4 is 20.9 Å². The predicted molar refractivity (Wildman–Crippen MR) is 115 cm³/mol. The first kappa shape index (κ1) is 19.4. The Morgan fingerprint density at radius 3 is 2.33 bits per heavy atom. The summed E-state index contributed by atoms with van der Waals surface area (Å²) < 4.78 is 13.4. The van der Waals surface area contributed by atoms with E-state index in [1.165, 1.54) is 17.0 Å². The van der Waals surface area contributed by atoms with E-state index < -0.39 is 11.8 Å². The normalized spacial score (nSPS) is 15.7. The molecule has 4 rings (SSSR count). The summed E-state index contributed by atoms with van der Waals surface area (Å²) in [7, 11) is 0. The molecule has 1 heterocycles. The lowest BCUT2D eigenvalue weighted by Gasteiger charge is -2.17. The summed E-state index contributed by atoms with van der Waals surface area (Å²) in [5.74, 6) is -0.554. The third kappa shape index (κ3) is 4.75. The maximum Gasteiger partial charge on any atom is 0.319 e. The number of rotatable bonds is 5. The minimum atomic E-state index is -0.403. The van der Waals surface area contributed by atoms with E-state index in [4.69, 9.17) is 0 Å². The third-order valence-corrected chi connectivity index (χ3v) is 4.79. The highest BCUT2D eigenvalue weighted by molar-refractivity contribution is 5.97. The number of para-hydroxylation sites is 1. The van der Waals surface area contributed by atoms with Crippen molar-refractivity contribution in [1.82, 2.24) is 5.32 Å². The number of amides is 3. The molecule has 0 spiro atoms. The van der Waals surface area contributed by atoms with E-state index in [-0.39, 0.29) is 18.4 Å². The zero-order chi connectivity index (χ0) is 20.9. The molecule has 7 heteroatoms. The van der Waals surface area contributed by atoms with Crippen molar-refractivity contribution in [1.29, 1.82) is 0 Å². The van der Waals surface area contributed by atoms with E-state index in [9.17, 15) is 14.0 Å². The van der Waals surface area contributed by atoms with E-state index in [0.717, 1.165) is 11.4 Å². The molecular weight excluding hydrogens is 383 g/mol. The van der Waals surface area contributed by atoms with Crippen LogP contribution in [-0.2, 0) is 4.79 Å². The monoisotopic (exact) mass is 404 g/mol. The molecule has 1 aliphatic heterocycles. The highest BCUT2D eigenvalue weighted by Crippen LogP contribution is 2.23. The summed E-state index contributed by atoms with van der Waals surface area (Å²) in [6.45, 7) is 0.301. The highest BCUT2D eigenvalue weighted by atomic mass is 19.1. The molecule has 1 saturated heterocycles. The Balaban J connectivity index is 1.31. The van der Waals surface area contributed by atoms with Crippen molar-refractivity contribution in [3.63, 3.8) is 0 Å². The number of carbonyl (C=O) groups excluding carboxylic acids is 2. The fourth-order valence-corrected chi connectivity index (χ4v) is 3.38. The quantitative estimate of drug-likeness (QED) is 0.586. The van der Waals surface area contributed by atoms with E-state index in [2.05, 4.69) is 16.0 Å². The van der Waals surface area contributed by atoms with Crippen LogP contribution in [0.3, 0.4) is 0 Å². The summed E-state index contributed by atoms with van der Waals surface area (Å²) in [5.41, 5.74) is 3.01. The maximum atomic E-state index is 13.4. The zero-order valence-electron chi connectivity index (χ0n) is 16.1. The second-order valence-electron chi connectivity index (χ2n) is 7.05. The van der Waals surface area contributed by atoms with Crippen LogP contribution in [0.1, 0.15) is 6.42 Å². The molecule has 0 aliphatic carbocycles. The smallest absolute Gasteiger partial charge is 0.319 e. The lowest BCUT2D eigenvalue weighted by atomic mass is 10.2. The number of carbonyl (C=O) groups is 2. The zero-order valence-corrected chi connectivity index (χ0v) is 16.1. The van der Waals surface area contributed by atoms with Crippen LogP contribution in [0.15, 0.2) is 78.9 Å². The second kappa shape index (κ2) is 8.65. The minimum Gasteiger partial charge on any atom is -0.356 e. The number of anilines is 4. The lowest BCUT2D eigenvalue weighted by Crippen LogP contribution is -2.39. The van der Waals surface area contributed by atoms with Crippen molar-refractivity contribution in [3.05, 3.63) is 84.7 Å². The Hall–Kier alpha value is -3.87. The van der Waals surface area contributed by atoms with E-state index in [0.29, 0.717) is 17.9 Å². The van der Waals surface area contributed by atoms with Gasteiger partial charge in [-0.25, -0.2) is 9.18 Å². The van der Waals surface area contributed by atoms with Gasteiger partial charge in [-0.2, -0.15) is 0 Å². The average Bonchev–Trinajstić information content (AvgIpc) is 3.10. The van der Waals surface area contributed by atoms with Gasteiger partial charge in [0.2, 0.25) is 5.91 Å². The summed E-state index contributed by atoms with van der Waals surface area (Å²) in [6, 6.07) is 22.2. The van der Waals surface area contributed by atoms with Crippen molar-refractivity contribution in [2.24, 2.45) is 0 Å². The summed E-state index contributed by atoms with van der Waals surface area (Å²) in [6.07, 6.45) is 0.171. The number of nitrogens with zero attached hydrogens (tertiary/aromatic N) is 1. The van der Waals surface area contributed by atoms with Gasteiger partial charge in [0.05, 0.1) is 6.04 Å². The molecule has 0 bridgehead atoms.